The van der Waals surface area contributed by atoms with Crippen molar-refractivity contribution in [1.29, 1.82) is 0 Å². The Morgan fingerprint density at radius 1 is 1.44 bits per heavy atom. The van der Waals surface area contributed by atoms with E-state index in [2.05, 4.69) is 27.8 Å². The van der Waals surface area contributed by atoms with Crippen molar-refractivity contribution < 1.29 is 13.2 Å². The molecule has 0 heterocycles. The van der Waals surface area contributed by atoms with Gasteiger partial charge in [-0.2, -0.15) is 0 Å². The van der Waals surface area contributed by atoms with Crippen molar-refractivity contribution in [3.63, 3.8) is 0 Å². The van der Waals surface area contributed by atoms with E-state index < -0.39 is 9.05 Å². The Morgan fingerprint density at radius 3 is 2.67 bits per heavy atom. The molecule has 98 valence electrons. The molecule has 0 spiro atoms. The smallest absolute Gasteiger partial charge is 0.265 e. The molecule has 6 heteroatoms. The lowest BCUT2D eigenvalue weighted by Crippen LogP contribution is -2.03. The van der Waals surface area contributed by atoms with E-state index in [9.17, 15) is 8.42 Å². The quantitative estimate of drug-likeness (QED) is 0.474. The van der Waals surface area contributed by atoms with Crippen LogP contribution in [0.5, 0.6) is 5.75 Å². The third-order valence-corrected chi connectivity index (χ3v) is 3.90. The molecule has 0 atom stereocenters. The number of benzene rings is 1. The van der Waals surface area contributed by atoms with E-state index in [-0.39, 0.29) is 10.6 Å². The van der Waals surface area contributed by atoms with Crippen LogP contribution >= 0.6 is 26.6 Å². The van der Waals surface area contributed by atoms with Gasteiger partial charge in [0.05, 0.1) is 6.61 Å². The molecule has 0 fully saturated rings. The number of aryl methyl sites for hydroxylation is 1. The summed E-state index contributed by atoms with van der Waals surface area (Å²) in [6.45, 7) is 3.82. The normalized spacial score (nSPS) is 10.7. The van der Waals surface area contributed by atoms with Gasteiger partial charge in [-0.1, -0.05) is 15.9 Å². The number of halogens is 2. The zero-order valence-corrected chi connectivity index (χ0v) is 13.1. The Morgan fingerprint density at radius 2 is 2.11 bits per heavy atom. The minimum atomic E-state index is -3.84. The first-order valence-corrected chi connectivity index (χ1v) is 8.23. The van der Waals surface area contributed by atoms with Crippen molar-refractivity contribution in [1.82, 2.24) is 0 Å². The SMILES string of the molecule is CC#CCCOc1c(C)cc(Br)cc1S(=O)(=O)Cl. The van der Waals surface area contributed by atoms with Crippen molar-refractivity contribution in [2.45, 2.75) is 25.2 Å². The Balaban J connectivity index is 3.11. The standard InChI is InChI=1S/C12H12BrClO3S/c1-3-4-5-6-17-12-9(2)7-10(13)8-11(12)18(14,15)16/h7-8H,5-6H2,1-2H3. The molecule has 0 saturated carbocycles. The lowest BCUT2D eigenvalue weighted by Gasteiger charge is -2.12. The fourth-order valence-corrected chi connectivity index (χ4v) is 3.17. The highest BCUT2D eigenvalue weighted by atomic mass is 79.9. The van der Waals surface area contributed by atoms with Crippen LogP contribution in [0, 0.1) is 18.8 Å². The van der Waals surface area contributed by atoms with Crippen LogP contribution in [0.15, 0.2) is 21.5 Å². The molecule has 0 aliphatic rings. The van der Waals surface area contributed by atoms with Crippen LogP contribution in [-0.4, -0.2) is 15.0 Å². The highest BCUT2D eigenvalue weighted by molar-refractivity contribution is 9.10. The summed E-state index contributed by atoms with van der Waals surface area (Å²) >= 11 is 3.23. The van der Waals surface area contributed by atoms with Crippen LogP contribution in [0.2, 0.25) is 0 Å². The first-order chi connectivity index (χ1) is 8.36. The van der Waals surface area contributed by atoms with E-state index in [1.807, 2.05) is 0 Å². The molecule has 0 saturated heterocycles. The summed E-state index contributed by atoms with van der Waals surface area (Å²) in [7, 11) is 1.55. The molecular weight excluding hydrogens is 340 g/mol. The van der Waals surface area contributed by atoms with E-state index >= 15 is 0 Å². The van der Waals surface area contributed by atoms with E-state index in [0.717, 1.165) is 0 Å². The highest BCUT2D eigenvalue weighted by Crippen LogP contribution is 2.33. The topological polar surface area (TPSA) is 43.4 Å². The maximum Gasteiger partial charge on any atom is 0.265 e. The molecule has 1 aromatic carbocycles. The number of hydrogen-bond acceptors (Lipinski definition) is 3. The monoisotopic (exact) mass is 350 g/mol. The first kappa shape index (κ1) is 15.4. The fourth-order valence-electron chi connectivity index (χ4n) is 1.39. The van der Waals surface area contributed by atoms with Gasteiger partial charge in [0, 0.05) is 21.6 Å². The maximum absolute atomic E-state index is 11.5. The summed E-state index contributed by atoms with van der Waals surface area (Å²) in [4.78, 5) is -0.0273. The van der Waals surface area contributed by atoms with Gasteiger partial charge in [0.2, 0.25) is 0 Å². The molecule has 0 aliphatic carbocycles. The molecule has 0 unspecified atom stereocenters. The summed E-state index contributed by atoms with van der Waals surface area (Å²) in [6.07, 6.45) is 0.535. The van der Waals surface area contributed by atoms with Crippen LogP contribution in [0.25, 0.3) is 0 Å². The third-order valence-electron chi connectivity index (χ3n) is 2.12. The highest BCUT2D eigenvalue weighted by Gasteiger charge is 2.19. The van der Waals surface area contributed by atoms with Crippen molar-refractivity contribution in [3.05, 3.63) is 22.2 Å². The van der Waals surface area contributed by atoms with Gasteiger partial charge in [-0.25, -0.2) is 8.42 Å². The van der Waals surface area contributed by atoms with Crippen LogP contribution in [0.4, 0.5) is 0 Å². The van der Waals surface area contributed by atoms with Crippen molar-refractivity contribution in [2.75, 3.05) is 6.61 Å². The Kier molecular flexibility index (Phi) is 5.51. The molecule has 3 nitrogen and oxygen atoms in total. The van der Waals surface area contributed by atoms with Gasteiger partial charge in [0.1, 0.15) is 10.6 Å². The van der Waals surface area contributed by atoms with Gasteiger partial charge in [-0.3, -0.25) is 0 Å². The molecular formula is C12H12BrClO3S. The van der Waals surface area contributed by atoms with E-state index in [0.29, 0.717) is 23.1 Å². The van der Waals surface area contributed by atoms with Gasteiger partial charge in [0.25, 0.3) is 9.05 Å². The maximum atomic E-state index is 11.5. The Hall–Kier alpha value is -0.700. The predicted molar refractivity (Wildman–Crippen MR) is 75.5 cm³/mol. The van der Waals surface area contributed by atoms with E-state index in [4.69, 9.17) is 15.4 Å². The average molecular weight is 352 g/mol. The Bertz CT molecular complexity index is 600. The molecule has 18 heavy (non-hydrogen) atoms. The number of ether oxygens (including phenoxy) is 1. The minimum Gasteiger partial charge on any atom is -0.491 e. The van der Waals surface area contributed by atoms with Crippen molar-refractivity contribution >= 4 is 35.7 Å². The Labute approximate surface area is 120 Å². The summed E-state index contributed by atoms with van der Waals surface area (Å²) in [5.41, 5.74) is 0.702. The van der Waals surface area contributed by atoms with Crippen LogP contribution in [0.1, 0.15) is 18.9 Å². The molecule has 1 rings (SSSR count). The van der Waals surface area contributed by atoms with E-state index in [1.54, 1.807) is 19.9 Å². The third kappa shape index (κ3) is 4.20. The number of rotatable bonds is 4. The second kappa shape index (κ2) is 6.46. The second-order valence-electron chi connectivity index (χ2n) is 3.51. The zero-order valence-electron chi connectivity index (χ0n) is 9.96. The number of hydrogen-bond donors (Lipinski definition) is 0. The molecule has 0 aliphatic heterocycles. The van der Waals surface area contributed by atoms with Gasteiger partial charge < -0.3 is 4.74 Å². The van der Waals surface area contributed by atoms with Crippen LogP contribution in [-0.2, 0) is 9.05 Å². The van der Waals surface area contributed by atoms with Gasteiger partial charge in [-0.15, -0.1) is 11.8 Å². The molecule has 1 aromatic rings. The lowest BCUT2D eigenvalue weighted by molar-refractivity contribution is 0.316. The average Bonchev–Trinajstić information content (AvgIpc) is 2.24. The van der Waals surface area contributed by atoms with Crippen LogP contribution < -0.4 is 4.74 Å². The molecule has 0 bridgehead atoms. The minimum absolute atomic E-state index is 0.0273. The lowest BCUT2D eigenvalue weighted by atomic mass is 10.2. The van der Waals surface area contributed by atoms with Crippen molar-refractivity contribution in [3.8, 4) is 17.6 Å². The molecule has 0 radical (unpaired) electrons. The fraction of sp³-hybridized carbons (Fsp3) is 0.333. The summed E-state index contributed by atoms with van der Waals surface area (Å²) in [6, 6.07) is 3.20. The molecule has 0 N–H and O–H groups in total. The van der Waals surface area contributed by atoms with Gasteiger partial charge >= 0.3 is 0 Å². The first-order valence-electron chi connectivity index (χ1n) is 5.13. The van der Waals surface area contributed by atoms with Gasteiger partial charge in [-0.05, 0) is 31.5 Å². The van der Waals surface area contributed by atoms with Crippen LogP contribution in [0.3, 0.4) is 0 Å². The summed E-state index contributed by atoms with van der Waals surface area (Å²) in [5, 5.41) is 0. The molecule has 0 aromatic heterocycles. The summed E-state index contributed by atoms with van der Waals surface area (Å²) < 4.78 is 29.1. The second-order valence-corrected chi connectivity index (χ2v) is 6.96. The van der Waals surface area contributed by atoms with Gasteiger partial charge in [0.15, 0.2) is 0 Å². The van der Waals surface area contributed by atoms with E-state index in [1.165, 1.54) is 6.07 Å². The molecule has 0 amide bonds. The zero-order chi connectivity index (χ0) is 13.8. The van der Waals surface area contributed by atoms with Crippen molar-refractivity contribution in [2.24, 2.45) is 0 Å². The predicted octanol–water partition coefficient (Wildman–Crippen LogP) is 3.48. The summed E-state index contributed by atoms with van der Waals surface area (Å²) in [5.74, 6) is 5.87. The largest absolute Gasteiger partial charge is 0.491 e.